The summed E-state index contributed by atoms with van der Waals surface area (Å²) >= 11 is 1.65. The molecule has 0 atom stereocenters. The van der Waals surface area contributed by atoms with Crippen molar-refractivity contribution in [3.05, 3.63) is 76.9 Å². The van der Waals surface area contributed by atoms with Crippen molar-refractivity contribution in [1.29, 1.82) is 0 Å². The zero-order valence-corrected chi connectivity index (χ0v) is 31.1. The van der Waals surface area contributed by atoms with Gasteiger partial charge in [0.25, 0.3) is 0 Å². The van der Waals surface area contributed by atoms with Gasteiger partial charge in [0.2, 0.25) is 0 Å². The van der Waals surface area contributed by atoms with E-state index in [1.165, 1.54) is 56.6 Å². The van der Waals surface area contributed by atoms with Gasteiger partial charge in [-0.05, 0) is 24.7 Å². The molecule has 3 aromatic rings. The van der Waals surface area contributed by atoms with Crippen molar-refractivity contribution in [3.8, 4) is 0 Å². The van der Waals surface area contributed by atoms with Gasteiger partial charge in [-0.1, -0.05) is 75.9 Å². The van der Waals surface area contributed by atoms with Gasteiger partial charge in [-0.25, -0.2) is 12.2 Å². The molecule has 0 saturated carbocycles. The molecule has 0 nitrogen and oxygen atoms in total. The van der Waals surface area contributed by atoms with E-state index in [1.807, 2.05) is 12.2 Å². The molecule has 0 N–H and O–H groups in total. The summed E-state index contributed by atoms with van der Waals surface area (Å²) in [6.45, 7) is 27.5. The first-order valence-electron chi connectivity index (χ1n) is 14.4. The van der Waals surface area contributed by atoms with Gasteiger partial charge < -0.3 is 24.8 Å². The van der Waals surface area contributed by atoms with Crippen molar-refractivity contribution in [2.75, 3.05) is 0 Å². The first-order chi connectivity index (χ1) is 17.5. The summed E-state index contributed by atoms with van der Waals surface area (Å²) < 4.78 is 1.75. The van der Waals surface area contributed by atoms with Crippen LogP contribution in [0.15, 0.2) is 48.6 Å². The fourth-order valence-electron chi connectivity index (χ4n) is 5.36. The van der Waals surface area contributed by atoms with Crippen LogP contribution in [-0.2, 0) is 35.1 Å². The quantitative estimate of drug-likeness (QED) is 0.345. The predicted octanol–water partition coefficient (Wildman–Crippen LogP) is 5.04. The molecule has 3 aromatic carbocycles. The summed E-state index contributed by atoms with van der Waals surface area (Å²) in [5, 5.41) is 5.55. The van der Waals surface area contributed by atoms with Crippen LogP contribution < -0.4 is 24.8 Å². The van der Waals surface area contributed by atoms with Crippen molar-refractivity contribution in [1.82, 2.24) is 0 Å². The van der Waals surface area contributed by atoms with Crippen LogP contribution in [0.4, 0.5) is 0 Å². The number of hydrogen-bond acceptors (Lipinski definition) is 0. The third kappa shape index (κ3) is 11.8. The topological polar surface area (TPSA) is 0 Å². The molecule has 0 amide bonds. The van der Waals surface area contributed by atoms with Crippen molar-refractivity contribution in [2.24, 2.45) is 11.8 Å². The van der Waals surface area contributed by atoms with Gasteiger partial charge in [-0.3, -0.25) is 6.08 Å². The Morgan fingerprint density at radius 2 is 1.18 bits per heavy atom. The molecule has 4 rings (SSSR count). The zero-order valence-electron chi connectivity index (χ0n) is 27.2. The molecule has 0 radical (unpaired) electrons. The van der Waals surface area contributed by atoms with E-state index in [0.29, 0.717) is 0 Å². The molecule has 3 heteroatoms. The first kappa shape index (κ1) is 39.1. The van der Waals surface area contributed by atoms with E-state index in [2.05, 4.69) is 126 Å². The van der Waals surface area contributed by atoms with E-state index < -0.39 is 0 Å². The van der Waals surface area contributed by atoms with E-state index in [9.17, 15) is 0 Å². The summed E-state index contributed by atoms with van der Waals surface area (Å²) in [4.78, 5) is 0. The van der Waals surface area contributed by atoms with Gasteiger partial charge >= 0.3 is 79.8 Å². The van der Waals surface area contributed by atoms with E-state index in [1.54, 1.807) is 27.4 Å². The van der Waals surface area contributed by atoms with Crippen LogP contribution in [0.3, 0.4) is 0 Å². The van der Waals surface area contributed by atoms with Crippen LogP contribution in [-0.4, -0.2) is 3.21 Å². The second kappa shape index (κ2) is 16.7. The summed E-state index contributed by atoms with van der Waals surface area (Å²) in [6.07, 6.45) is 12.7. The predicted molar refractivity (Wildman–Crippen MR) is 169 cm³/mol. The van der Waals surface area contributed by atoms with Crippen LogP contribution >= 0.6 is 0 Å². The molecule has 0 unspecified atom stereocenters. The van der Waals surface area contributed by atoms with Crippen molar-refractivity contribution in [2.45, 2.75) is 113 Å². The average Bonchev–Trinajstić information content (AvgIpc) is 3.41. The molecule has 0 saturated heterocycles. The normalized spacial score (nSPS) is 12.6. The average molecular weight is 659 g/mol. The van der Waals surface area contributed by atoms with Crippen LogP contribution in [0.25, 0.3) is 21.5 Å². The third-order valence-corrected chi connectivity index (χ3v) is 7.91. The fourth-order valence-corrected chi connectivity index (χ4v) is 7.37. The van der Waals surface area contributed by atoms with Crippen molar-refractivity contribution in [3.63, 3.8) is 0 Å². The number of benzene rings is 2. The molecule has 1 aliphatic rings. The Hall–Kier alpha value is -0.877. The number of fused-ring (bicyclic) bond motifs is 3. The number of rotatable bonds is 4. The Kier molecular flexibility index (Phi) is 16.3. The SMILES string of the molecule is CC(C)C[C](=[Zr+2])CC(C)C.Cc1cc2[cH-]c3cc(C)c(C(C)(C)C)cc3c2cc1C(C)(C)C.[C-]1=CC=CC1.[Cl-].[Cl-]. The van der Waals surface area contributed by atoms with E-state index in [-0.39, 0.29) is 35.6 Å². The van der Waals surface area contributed by atoms with Crippen molar-refractivity contribution >= 4 is 24.8 Å². The molecule has 0 aromatic heterocycles. The minimum Gasteiger partial charge on any atom is -1.00 e. The Morgan fingerprint density at radius 3 is 1.43 bits per heavy atom. The number of aryl methyl sites for hydroxylation is 2. The summed E-state index contributed by atoms with van der Waals surface area (Å²) in [5.41, 5.74) is 6.06. The maximum Gasteiger partial charge on any atom is -0.0142 e. The monoisotopic (exact) mass is 656 g/mol. The molecule has 1 aliphatic carbocycles. The molecule has 0 spiro atoms. The number of hydrogen-bond donors (Lipinski definition) is 0. The molecule has 0 fully saturated rings. The fraction of sp³-hybridized carbons (Fsp3) is 0.514. The van der Waals surface area contributed by atoms with Gasteiger partial charge in [0.1, 0.15) is 0 Å². The maximum absolute atomic E-state index is 2.99. The molecule has 40 heavy (non-hydrogen) atoms. The first-order valence-corrected chi connectivity index (χ1v) is 15.7. The zero-order chi connectivity index (χ0) is 28.8. The second-order valence-corrected chi connectivity index (χ2v) is 15.7. The van der Waals surface area contributed by atoms with Gasteiger partial charge in [0.05, 0.1) is 0 Å². The molecular formula is C37H52Cl2Zr-2. The van der Waals surface area contributed by atoms with Crippen molar-refractivity contribution < 1.29 is 49.0 Å². The summed E-state index contributed by atoms with van der Waals surface area (Å²) in [5.74, 6) is 1.71. The summed E-state index contributed by atoms with van der Waals surface area (Å²) in [6, 6.07) is 11.9. The summed E-state index contributed by atoms with van der Waals surface area (Å²) in [7, 11) is 0. The molecule has 0 heterocycles. The molecule has 220 valence electrons. The second-order valence-electron chi connectivity index (χ2n) is 14.0. The molecular weight excluding hydrogens is 607 g/mol. The number of allylic oxidation sites excluding steroid dienone is 4. The Labute approximate surface area is 274 Å². The van der Waals surface area contributed by atoms with Crippen LogP contribution in [0, 0.1) is 31.8 Å². The van der Waals surface area contributed by atoms with Crippen LogP contribution in [0.2, 0.25) is 0 Å². The van der Waals surface area contributed by atoms with Crippen LogP contribution in [0.5, 0.6) is 0 Å². The standard InChI is InChI=1S/C23H29.C9H18.C5H5.2ClH.Zr/c1-14-9-16-11-17-10-15(2)21(23(6,7)8)13-19(17)18(16)12-20(14)22(3,4)5;1-8(2)6-5-7-9(3)4;1-2-4-5-3-1;;;/h9-13H,1-8H3;8-9H,6-7H2,1-4H3;1-3H,4H2;2*1H;/q-1;;-1;;;+2/p-2. The van der Waals surface area contributed by atoms with Gasteiger partial charge in [0.15, 0.2) is 0 Å². The molecule has 0 aliphatic heterocycles. The smallest absolute Gasteiger partial charge is 0.0142 e. The van der Waals surface area contributed by atoms with Gasteiger partial charge in [-0.15, -0.1) is 46.2 Å². The van der Waals surface area contributed by atoms with E-state index in [4.69, 9.17) is 0 Å². The molecule has 0 bridgehead atoms. The minimum absolute atomic E-state index is 0. The number of halogens is 2. The Bertz CT molecular complexity index is 1190. The van der Waals surface area contributed by atoms with Crippen LogP contribution in [0.1, 0.15) is 111 Å². The Balaban J connectivity index is 0.000000746. The largest absolute Gasteiger partial charge is 1.00 e. The van der Waals surface area contributed by atoms with Gasteiger partial charge in [0, 0.05) is 0 Å². The third-order valence-electron chi connectivity index (χ3n) is 6.91. The minimum atomic E-state index is 0. The van der Waals surface area contributed by atoms with Gasteiger partial charge in [-0.2, -0.15) is 6.08 Å². The Morgan fingerprint density at radius 1 is 0.775 bits per heavy atom. The maximum atomic E-state index is 2.99. The van der Waals surface area contributed by atoms with E-state index in [0.717, 1.165) is 18.3 Å². The van der Waals surface area contributed by atoms with E-state index >= 15 is 0 Å².